The lowest BCUT2D eigenvalue weighted by Crippen LogP contribution is -2.88. The Morgan fingerprint density at radius 2 is 1.74 bits per heavy atom. The monoisotopic (exact) mass is 429 g/mol. The second kappa shape index (κ2) is 9.81. The van der Waals surface area contributed by atoms with E-state index < -0.39 is 11.6 Å². The van der Waals surface area contributed by atoms with Gasteiger partial charge in [0.05, 0.1) is 0 Å². The van der Waals surface area contributed by atoms with E-state index in [4.69, 9.17) is 0 Å². The SMILES string of the molecule is CC(C)Cc1ccc([C@@H]([NH2+]CC(=O)NN2C(=O)NC3(CCCCC3)C2=O)C(C)C)cc1. The first-order valence-electron chi connectivity index (χ1n) is 11.6. The number of nitrogens with zero attached hydrogens (tertiary/aromatic N) is 1. The van der Waals surface area contributed by atoms with Crippen molar-refractivity contribution in [2.45, 2.75) is 77.8 Å². The largest absolute Gasteiger partial charge is 0.344 e. The first kappa shape index (κ1) is 23.3. The lowest BCUT2D eigenvalue weighted by atomic mass is 9.82. The molecule has 2 fully saturated rings. The molecule has 1 heterocycles. The van der Waals surface area contributed by atoms with Crippen molar-refractivity contribution in [1.29, 1.82) is 0 Å². The third-order valence-corrected chi connectivity index (χ3v) is 6.39. The fourth-order valence-corrected chi connectivity index (χ4v) is 4.76. The Morgan fingerprint density at radius 1 is 1.10 bits per heavy atom. The van der Waals surface area contributed by atoms with Gasteiger partial charge in [0.25, 0.3) is 11.8 Å². The molecule has 0 unspecified atom stereocenters. The molecule has 7 nitrogen and oxygen atoms in total. The number of carbonyl (C=O) groups excluding carboxylic acids is 3. The summed E-state index contributed by atoms with van der Waals surface area (Å²) in [6, 6.07) is 8.20. The molecule has 2 aliphatic rings. The van der Waals surface area contributed by atoms with Crippen LogP contribution in [0.5, 0.6) is 0 Å². The van der Waals surface area contributed by atoms with E-state index in [1.165, 1.54) is 11.1 Å². The van der Waals surface area contributed by atoms with Gasteiger partial charge in [-0.05, 0) is 30.7 Å². The van der Waals surface area contributed by atoms with Crippen LogP contribution in [0.1, 0.15) is 77.0 Å². The number of hydrazine groups is 1. The molecule has 1 aromatic carbocycles. The molecular weight excluding hydrogens is 392 g/mol. The number of hydrogen-bond acceptors (Lipinski definition) is 3. The van der Waals surface area contributed by atoms with Crippen molar-refractivity contribution in [2.24, 2.45) is 11.8 Å². The number of imide groups is 1. The quantitative estimate of drug-likeness (QED) is 0.554. The smallest absolute Gasteiger partial charge is 0.332 e. The summed E-state index contributed by atoms with van der Waals surface area (Å²) >= 11 is 0. The molecule has 4 N–H and O–H groups in total. The zero-order valence-electron chi connectivity index (χ0n) is 19.2. The maximum absolute atomic E-state index is 12.8. The Bertz CT molecular complexity index is 798. The second-order valence-electron chi connectivity index (χ2n) is 9.80. The Balaban J connectivity index is 1.58. The number of nitrogens with one attached hydrogen (secondary N) is 2. The molecule has 1 saturated heterocycles. The highest BCUT2D eigenvalue weighted by Crippen LogP contribution is 2.32. The van der Waals surface area contributed by atoms with Gasteiger partial charge in [-0.2, -0.15) is 5.01 Å². The van der Waals surface area contributed by atoms with Gasteiger partial charge in [-0.25, -0.2) is 4.79 Å². The molecule has 1 spiro atoms. The Morgan fingerprint density at radius 3 is 2.32 bits per heavy atom. The molecule has 0 aromatic heterocycles. The van der Waals surface area contributed by atoms with Crippen molar-refractivity contribution >= 4 is 17.8 Å². The van der Waals surface area contributed by atoms with Crippen LogP contribution in [0.25, 0.3) is 0 Å². The third-order valence-electron chi connectivity index (χ3n) is 6.39. The van der Waals surface area contributed by atoms with Crippen molar-refractivity contribution in [1.82, 2.24) is 15.8 Å². The standard InChI is InChI=1S/C24H36N4O3/c1-16(2)14-18-8-10-19(11-9-18)21(17(3)4)25-15-20(29)27-28-22(30)24(26-23(28)31)12-6-5-7-13-24/h8-11,16-17,21,25H,5-7,12-15H2,1-4H3,(H,26,31)(H,27,29)/p+1/t21-/m0/s1. The van der Waals surface area contributed by atoms with Crippen molar-refractivity contribution in [3.05, 3.63) is 35.4 Å². The van der Waals surface area contributed by atoms with Crippen molar-refractivity contribution in [3.63, 3.8) is 0 Å². The number of urea groups is 1. The van der Waals surface area contributed by atoms with Gasteiger partial charge in [-0.1, -0.05) is 71.2 Å². The van der Waals surface area contributed by atoms with Gasteiger partial charge in [-0.3, -0.25) is 15.0 Å². The number of rotatable bonds is 8. The van der Waals surface area contributed by atoms with Crippen molar-refractivity contribution in [3.8, 4) is 0 Å². The highest BCUT2D eigenvalue weighted by molar-refractivity contribution is 6.08. The summed E-state index contributed by atoms with van der Waals surface area (Å²) in [4.78, 5) is 37.7. The molecule has 170 valence electrons. The van der Waals surface area contributed by atoms with Crippen molar-refractivity contribution < 1.29 is 19.7 Å². The van der Waals surface area contributed by atoms with Gasteiger partial charge in [0.15, 0.2) is 6.54 Å². The summed E-state index contributed by atoms with van der Waals surface area (Å²) in [6.45, 7) is 8.81. The van der Waals surface area contributed by atoms with Crippen LogP contribution >= 0.6 is 0 Å². The molecule has 0 bridgehead atoms. The first-order chi connectivity index (χ1) is 14.7. The van der Waals surface area contributed by atoms with Crippen LogP contribution in [0.2, 0.25) is 0 Å². The van der Waals surface area contributed by atoms with Crippen LogP contribution in [0.4, 0.5) is 4.79 Å². The predicted octanol–water partition coefficient (Wildman–Crippen LogP) is 2.43. The lowest BCUT2D eigenvalue weighted by Gasteiger charge is -2.30. The molecule has 1 aromatic rings. The van der Waals surface area contributed by atoms with Gasteiger partial charge in [0.1, 0.15) is 11.6 Å². The average molecular weight is 430 g/mol. The van der Waals surface area contributed by atoms with Gasteiger partial charge in [0.2, 0.25) is 0 Å². The summed E-state index contributed by atoms with van der Waals surface area (Å²) in [5.74, 6) is 0.261. The molecule has 0 radical (unpaired) electrons. The van der Waals surface area contributed by atoms with E-state index in [9.17, 15) is 14.4 Å². The summed E-state index contributed by atoms with van der Waals surface area (Å²) in [7, 11) is 0. The maximum Gasteiger partial charge on any atom is 0.344 e. The van der Waals surface area contributed by atoms with E-state index in [-0.39, 0.29) is 24.4 Å². The number of hydrogen-bond donors (Lipinski definition) is 3. The Hall–Kier alpha value is -2.41. The van der Waals surface area contributed by atoms with Crippen molar-refractivity contribution in [2.75, 3.05) is 6.54 Å². The van der Waals surface area contributed by atoms with Gasteiger partial charge in [0, 0.05) is 11.5 Å². The van der Waals surface area contributed by atoms with Crippen LogP contribution in [0.15, 0.2) is 24.3 Å². The average Bonchev–Trinajstić information content (AvgIpc) is 2.93. The highest BCUT2D eigenvalue weighted by atomic mass is 16.2. The van der Waals surface area contributed by atoms with E-state index >= 15 is 0 Å². The fourth-order valence-electron chi connectivity index (χ4n) is 4.76. The summed E-state index contributed by atoms with van der Waals surface area (Å²) < 4.78 is 0. The zero-order valence-corrected chi connectivity index (χ0v) is 19.2. The predicted molar refractivity (Wildman–Crippen MR) is 119 cm³/mol. The summed E-state index contributed by atoms with van der Waals surface area (Å²) in [5.41, 5.74) is 4.19. The molecule has 1 atom stereocenters. The van der Waals surface area contributed by atoms with E-state index in [0.717, 1.165) is 30.7 Å². The second-order valence-corrected chi connectivity index (χ2v) is 9.80. The molecule has 1 saturated carbocycles. The van der Waals surface area contributed by atoms with Gasteiger partial charge in [-0.15, -0.1) is 0 Å². The van der Waals surface area contributed by atoms with Crippen LogP contribution in [-0.4, -0.2) is 34.9 Å². The molecular formula is C24H37N4O3+. The molecule has 31 heavy (non-hydrogen) atoms. The molecule has 3 rings (SSSR count). The van der Waals surface area contributed by atoms with E-state index in [1.54, 1.807) is 0 Å². The lowest BCUT2D eigenvalue weighted by molar-refractivity contribution is -0.692. The number of carbonyl (C=O) groups is 3. The van der Waals surface area contributed by atoms with Gasteiger partial charge < -0.3 is 10.6 Å². The molecule has 1 aliphatic carbocycles. The number of benzene rings is 1. The summed E-state index contributed by atoms with van der Waals surface area (Å²) in [5, 5.41) is 5.67. The Kier molecular flexibility index (Phi) is 7.36. The Labute approximate surface area is 185 Å². The zero-order chi connectivity index (χ0) is 22.6. The third kappa shape index (κ3) is 5.45. The number of amides is 4. The molecule has 7 heteroatoms. The topological polar surface area (TPSA) is 95.1 Å². The summed E-state index contributed by atoms with van der Waals surface area (Å²) in [6.07, 6.45) is 5.21. The highest BCUT2D eigenvalue weighted by Gasteiger charge is 2.52. The number of nitrogens with two attached hydrogens (primary N) is 1. The van der Waals surface area contributed by atoms with Crippen LogP contribution in [0, 0.1) is 11.8 Å². The van der Waals surface area contributed by atoms with Crippen LogP contribution in [-0.2, 0) is 16.0 Å². The van der Waals surface area contributed by atoms with Crippen LogP contribution in [0.3, 0.4) is 0 Å². The fraction of sp³-hybridized carbons (Fsp3) is 0.625. The normalized spacial score (nSPS) is 19.2. The first-order valence-corrected chi connectivity index (χ1v) is 11.6. The van der Waals surface area contributed by atoms with Gasteiger partial charge >= 0.3 is 6.03 Å². The minimum absolute atomic E-state index is 0.117. The van der Waals surface area contributed by atoms with Crippen LogP contribution < -0.4 is 16.1 Å². The minimum atomic E-state index is -0.829. The minimum Gasteiger partial charge on any atom is -0.332 e. The maximum atomic E-state index is 12.8. The number of quaternary nitrogens is 1. The van der Waals surface area contributed by atoms with E-state index in [2.05, 4.69) is 62.7 Å². The molecule has 4 amide bonds. The van der Waals surface area contributed by atoms with E-state index in [1.807, 2.05) is 5.32 Å². The van der Waals surface area contributed by atoms with E-state index in [0.29, 0.717) is 24.7 Å². The molecule has 1 aliphatic heterocycles.